The number of ether oxygens (including phenoxy) is 2. The van der Waals surface area contributed by atoms with Crippen molar-refractivity contribution < 1.29 is 14.3 Å². The number of anilines is 2. The molecule has 7 nitrogen and oxygen atoms in total. The Labute approximate surface area is 251 Å². The number of rotatable bonds is 14. The molecule has 3 aromatic rings. The quantitative estimate of drug-likeness (QED) is 0.143. The highest BCUT2D eigenvalue weighted by Crippen LogP contribution is 2.57. The average molecular weight is 571 g/mol. The summed E-state index contributed by atoms with van der Waals surface area (Å²) >= 11 is 0. The molecule has 0 saturated carbocycles. The SMILES string of the molecule is CCCCCCN(CC)c1ccc2c(c1)Oc1nc(N(CCCC)CCCC)nc(C)c1C21OC(=O)c2ccccc21. The molecule has 2 aliphatic rings. The van der Waals surface area contributed by atoms with Crippen molar-refractivity contribution in [1.82, 2.24) is 9.97 Å². The molecule has 224 valence electrons. The Morgan fingerprint density at radius 3 is 2.21 bits per heavy atom. The van der Waals surface area contributed by atoms with Crippen molar-refractivity contribution in [3.05, 3.63) is 70.4 Å². The first-order valence-corrected chi connectivity index (χ1v) is 16.0. The van der Waals surface area contributed by atoms with E-state index < -0.39 is 5.60 Å². The Kier molecular flexibility index (Phi) is 9.34. The van der Waals surface area contributed by atoms with Gasteiger partial charge in [-0.1, -0.05) is 71.1 Å². The number of nitrogens with zero attached hydrogens (tertiary/aromatic N) is 4. The van der Waals surface area contributed by atoms with Gasteiger partial charge in [0.15, 0.2) is 5.60 Å². The second-order valence-corrected chi connectivity index (χ2v) is 11.5. The lowest BCUT2D eigenvalue weighted by atomic mass is 9.77. The third kappa shape index (κ3) is 5.46. The van der Waals surface area contributed by atoms with E-state index in [0.717, 1.165) is 80.8 Å². The minimum Gasteiger partial charge on any atom is -0.440 e. The molecule has 0 aliphatic carbocycles. The van der Waals surface area contributed by atoms with Crippen LogP contribution in [0.5, 0.6) is 11.6 Å². The number of aromatic nitrogens is 2. The van der Waals surface area contributed by atoms with Crippen LogP contribution in [0.15, 0.2) is 42.5 Å². The molecule has 0 radical (unpaired) electrons. The predicted molar refractivity (Wildman–Crippen MR) is 169 cm³/mol. The van der Waals surface area contributed by atoms with Crippen LogP contribution in [-0.4, -0.2) is 42.1 Å². The first-order chi connectivity index (χ1) is 20.5. The van der Waals surface area contributed by atoms with Crippen molar-refractivity contribution in [2.75, 3.05) is 36.0 Å². The van der Waals surface area contributed by atoms with Crippen molar-refractivity contribution >= 4 is 17.6 Å². The van der Waals surface area contributed by atoms with E-state index in [9.17, 15) is 4.79 Å². The Balaban J connectivity index is 1.64. The predicted octanol–water partition coefficient (Wildman–Crippen LogP) is 8.17. The summed E-state index contributed by atoms with van der Waals surface area (Å²) in [4.78, 5) is 28.1. The topological polar surface area (TPSA) is 67.8 Å². The monoisotopic (exact) mass is 570 g/mol. The maximum absolute atomic E-state index is 13.4. The fourth-order valence-electron chi connectivity index (χ4n) is 6.29. The maximum atomic E-state index is 13.4. The molecule has 5 rings (SSSR count). The minimum atomic E-state index is -1.16. The van der Waals surface area contributed by atoms with Gasteiger partial charge in [-0.2, -0.15) is 4.98 Å². The van der Waals surface area contributed by atoms with Crippen LogP contribution in [0.2, 0.25) is 0 Å². The highest BCUT2D eigenvalue weighted by atomic mass is 16.6. The summed E-state index contributed by atoms with van der Waals surface area (Å²) in [5, 5.41) is 0. The van der Waals surface area contributed by atoms with Gasteiger partial charge in [0, 0.05) is 49.1 Å². The van der Waals surface area contributed by atoms with Gasteiger partial charge in [0.25, 0.3) is 0 Å². The third-order valence-corrected chi connectivity index (χ3v) is 8.59. The fraction of sp³-hybridized carbons (Fsp3) is 0.514. The maximum Gasteiger partial charge on any atom is 0.340 e. The zero-order valence-electron chi connectivity index (χ0n) is 26.0. The van der Waals surface area contributed by atoms with Crippen molar-refractivity contribution in [2.24, 2.45) is 0 Å². The molecule has 0 bridgehead atoms. The Morgan fingerprint density at radius 2 is 1.50 bits per heavy atom. The number of aryl methyl sites for hydroxylation is 1. The molecule has 0 fully saturated rings. The second-order valence-electron chi connectivity index (χ2n) is 11.5. The van der Waals surface area contributed by atoms with Gasteiger partial charge in [0.1, 0.15) is 5.75 Å². The van der Waals surface area contributed by atoms with Crippen LogP contribution >= 0.6 is 0 Å². The molecule has 7 heteroatoms. The number of fused-ring (bicyclic) bond motifs is 6. The minimum absolute atomic E-state index is 0.337. The van der Waals surface area contributed by atoms with E-state index in [1.54, 1.807) is 0 Å². The molecular formula is C35H46N4O3. The zero-order valence-corrected chi connectivity index (χ0v) is 26.0. The summed E-state index contributed by atoms with van der Waals surface area (Å²) in [7, 11) is 0. The summed E-state index contributed by atoms with van der Waals surface area (Å²) < 4.78 is 13.1. The molecule has 2 aromatic carbocycles. The van der Waals surface area contributed by atoms with Crippen molar-refractivity contribution in [2.45, 2.75) is 91.6 Å². The van der Waals surface area contributed by atoms with Crippen LogP contribution in [0, 0.1) is 6.92 Å². The van der Waals surface area contributed by atoms with E-state index in [-0.39, 0.29) is 5.97 Å². The van der Waals surface area contributed by atoms with Crippen LogP contribution < -0.4 is 14.5 Å². The summed E-state index contributed by atoms with van der Waals surface area (Å²) in [6.07, 6.45) is 9.18. The largest absolute Gasteiger partial charge is 0.440 e. The van der Waals surface area contributed by atoms with Gasteiger partial charge in [-0.15, -0.1) is 0 Å². The third-order valence-electron chi connectivity index (χ3n) is 8.59. The van der Waals surface area contributed by atoms with E-state index in [1.807, 2.05) is 31.2 Å². The van der Waals surface area contributed by atoms with Gasteiger partial charge in [-0.3, -0.25) is 0 Å². The number of benzene rings is 2. The molecule has 1 unspecified atom stereocenters. The molecule has 1 aromatic heterocycles. The van der Waals surface area contributed by atoms with E-state index in [1.165, 1.54) is 19.3 Å². The Morgan fingerprint density at radius 1 is 0.786 bits per heavy atom. The van der Waals surface area contributed by atoms with Gasteiger partial charge in [0.05, 0.1) is 16.8 Å². The van der Waals surface area contributed by atoms with Gasteiger partial charge in [-0.05, 0) is 51.3 Å². The molecule has 0 N–H and O–H groups in total. The first-order valence-electron chi connectivity index (χ1n) is 16.0. The molecule has 0 saturated heterocycles. The van der Waals surface area contributed by atoms with E-state index in [0.29, 0.717) is 28.7 Å². The zero-order chi connectivity index (χ0) is 29.7. The lowest BCUT2D eigenvalue weighted by molar-refractivity contribution is 0.0218. The molecule has 1 atom stereocenters. The summed E-state index contributed by atoms with van der Waals surface area (Å²) in [5.74, 6) is 1.48. The second kappa shape index (κ2) is 13.1. The Bertz CT molecular complexity index is 1400. The highest BCUT2D eigenvalue weighted by Gasteiger charge is 2.55. The normalized spacial score (nSPS) is 16.5. The molecule has 42 heavy (non-hydrogen) atoms. The van der Waals surface area contributed by atoms with Crippen molar-refractivity contribution in [1.29, 1.82) is 0 Å². The van der Waals surface area contributed by atoms with Crippen LogP contribution in [0.25, 0.3) is 0 Å². The lowest BCUT2D eigenvalue weighted by Gasteiger charge is -2.37. The summed E-state index contributed by atoms with van der Waals surface area (Å²) in [6.45, 7) is 14.5. The van der Waals surface area contributed by atoms with Gasteiger partial charge in [-0.25, -0.2) is 9.78 Å². The summed E-state index contributed by atoms with van der Waals surface area (Å²) in [5.41, 5.74) is 3.61. The molecular weight excluding hydrogens is 524 g/mol. The lowest BCUT2D eigenvalue weighted by Crippen LogP contribution is -2.36. The van der Waals surface area contributed by atoms with Crippen molar-refractivity contribution in [3.8, 4) is 11.6 Å². The number of esters is 1. The average Bonchev–Trinajstić information content (AvgIpc) is 3.29. The number of hydrogen-bond acceptors (Lipinski definition) is 7. The van der Waals surface area contributed by atoms with Gasteiger partial charge >= 0.3 is 5.97 Å². The first kappa shape index (κ1) is 29.9. The molecule has 2 aliphatic heterocycles. The fourth-order valence-corrected chi connectivity index (χ4v) is 6.29. The standard InChI is InChI=1S/C35H46N4O3/c1-6-10-13-16-23-38(9-4)26-19-20-29-30(24-26)41-32-31(35(29)28-18-15-14-17-27(28)33(40)42-35)25(5)36-34(37-32)39(21-11-7-2)22-12-8-3/h14-15,17-20,24H,6-13,16,21-23H2,1-5H3. The number of unbranched alkanes of at least 4 members (excludes halogenated alkanes) is 5. The molecule has 3 heterocycles. The van der Waals surface area contributed by atoms with Gasteiger partial charge in [0.2, 0.25) is 11.8 Å². The van der Waals surface area contributed by atoms with Crippen LogP contribution in [0.3, 0.4) is 0 Å². The van der Waals surface area contributed by atoms with Crippen LogP contribution in [-0.2, 0) is 10.3 Å². The van der Waals surface area contributed by atoms with Gasteiger partial charge < -0.3 is 19.3 Å². The van der Waals surface area contributed by atoms with E-state index in [4.69, 9.17) is 19.4 Å². The Hall–Kier alpha value is -3.61. The molecule has 0 amide bonds. The summed E-state index contributed by atoms with van der Waals surface area (Å²) in [6, 6.07) is 14.0. The van der Waals surface area contributed by atoms with Crippen molar-refractivity contribution in [3.63, 3.8) is 0 Å². The van der Waals surface area contributed by atoms with E-state index >= 15 is 0 Å². The molecule has 1 spiro atoms. The smallest absolute Gasteiger partial charge is 0.340 e. The number of hydrogen-bond donors (Lipinski definition) is 0. The number of carbonyl (C=O) groups excluding carboxylic acids is 1. The number of carbonyl (C=O) groups is 1. The van der Waals surface area contributed by atoms with Crippen LogP contribution in [0.4, 0.5) is 11.6 Å². The van der Waals surface area contributed by atoms with Crippen LogP contribution in [0.1, 0.15) is 112 Å². The highest BCUT2D eigenvalue weighted by molar-refractivity contribution is 5.97. The van der Waals surface area contributed by atoms with E-state index in [2.05, 4.69) is 55.7 Å².